The smallest absolute Gasteiger partial charge is 0.350 e. The Labute approximate surface area is 145 Å². The maximum atomic E-state index is 11.7. The molecule has 0 unspecified atom stereocenters. The molecule has 2 rings (SSSR count). The highest BCUT2D eigenvalue weighted by Crippen LogP contribution is 2.24. The van der Waals surface area contributed by atoms with Crippen LogP contribution in [0.15, 0.2) is 29.4 Å². The quantitative estimate of drug-likeness (QED) is 0.447. The number of benzene rings is 1. The van der Waals surface area contributed by atoms with Crippen molar-refractivity contribution in [1.82, 2.24) is 4.98 Å². The fourth-order valence-corrected chi connectivity index (χ4v) is 2.85. The number of ether oxygens (including phenoxy) is 2. The summed E-state index contributed by atoms with van der Waals surface area (Å²) in [6, 6.07) is 7.67. The summed E-state index contributed by atoms with van der Waals surface area (Å²) < 4.78 is 10.3. The zero-order valence-electron chi connectivity index (χ0n) is 14.0. The number of carbonyl (C=O) groups excluding carboxylic acids is 1. The number of nitrogens with one attached hydrogen (secondary N) is 1. The number of aromatic nitrogens is 1. The van der Waals surface area contributed by atoms with E-state index in [1.165, 1.54) is 18.4 Å². The number of nitrogens with zero attached hydrogens (tertiary/aromatic N) is 2. The highest BCUT2D eigenvalue weighted by atomic mass is 32.1. The van der Waals surface area contributed by atoms with Gasteiger partial charge in [0.25, 0.3) is 0 Å². The van der Waals surface area contributed by atoms with Crippen molar-refractivity contribution in [2.45, 2.75) is 26.7 Å². The molecule has 0 aliphatic heterocycles. The number of aryl methyl sites for hydroxylation is 1. The molecule has 0 bridgehead atoms. The number of esters is 1. The van der Waals surface area contributed by atoms with Crippen molar-refractivity contribution in [1.29, 1.82) is 0 Å². The summed E-state index contributed by atoms with van der Waals surface area (Å²) in [6.45, 7) is 4.72. The minimum Gasteiger partial charge on any atom is -0.494 e. The van der Waals surface area contributed by atoms with Crippen LogP contribution in [0.5, 0.6) is 5.75 Å². The van der Waals surface area contributed by atoms with Gasteiger partial charge in [-0.3, -0.25) is 5.43 Å². The third-order valence-corrected chi connectivity index (χ3v) is 4.11. The van der Waals surface area contributed by atoms with Crippen molar-refractivity contribution in [2.75, 3.05) is 19.1 Å². The number of hydrogen-bond acceptors (Lipinski definition) is 7. The molecule has 128 valence electrons. The van der Waals surface area contributed by atoms with E-state index in [1.807, 2.05) is 31.2 Å². The van der Waals surface area contributed by atoms with Crippen molar-refractivity contribution in [2.24, 2.45) is 5.10 Å². The minimum atomic E-state index is -0.371. The van der Waals surface area contributed by atoms with E-state index in [-0.39, 0.29) is 5.97 Å². The number of thiazole rings is 1. The lowest BCUT2D eigenvalue weighted by Crippen LogP contribution is -2.01. The maximum absolute atomic E-state index is 11.7. The standard InChI is InChI=1S/C17H21N3O3S/c1-4-10-23-13-8-6-12(7-9-13)11-18-20-17-19-14(5-2)15(24-17)16(21)22-3/h6-9,11H,4-5,10H2,1-3H3,(H,19,20)/b18-11-. The molecule has 0 aliphatic carbocycles. The van der Waals surface area contributed by atoms with Crippen LogP contribution in [0.1, 0.15) is 41.2 Å². The Kier molecular flexibility index (Phi) is 6.74. The van der Waals surface area contributed by atoms with Crippen LogP contribution in [0.4, 0.5) is 5.13 Å². The largest absolute Gasteiger partial charge is 0.494 e. The van der Waals surface area contributed by atoms with Crippen LogP contribution in [0.2, 0.25) is 0 Å². The summed E-state index contributed by atoms with van der Waals surface area (Å²) in [4.78, 5) is 16.5. The van der Waals surface area contributed by atoms with Gasteiger partial charge in [0.05, 0.1) is 25.6 Å². The number of carbonyl (C=O) groups is 1. The van der Waals surface area contributed by atoms with Gasteiger partial charge in [0.1, 0.15) is 10.6 Å². The monoisotopic (exact) mass is 347 g/mol. The van der Waals surface area contributed by atoms with Crippen molar-refractivity contribution >= 4 is 28.7 Å². The zero-order valence-corrected chi connectivity index (χ0v) is 14.9. The Morgan fingerprint density at radius 1 is 1.33 bits per heavy atom. The molecule has 0 aliphatic rings. The van der Waals surface area contributed by atoms with Crippen molar-refractivity contribution in [3.05, 3.63) is 40.4 Å². The molecule has 0 spiro atoms. The lowest BCUT2D eigenvalue weighted by molar-refractivity contribution is 0.0605. The lowest BCUT2D eigenvalue weighted by atomic mass is 10.2. The van der Waals surface area contributed by atoms with Gasteiger partial charge in [-0.05, 0) is 42.7 Å². The van der Waals surface area contributed by atoms with E-state index in [0.29, 0.717) is 28.7 Å². The van der Waals surface area contributed by atoms with Crippen LogP contribution in [0, 0.1) is 0 Å². The second-order valence-corrected chi connectivity index (χ2v) is 5.93. The van der Waals surface area contributed by atoms with Crippen LogP contribution >= 0.6 is 11.3 Å². The van der Waals surface area contributed by atoms with Gasteiger partial charge in [-0.25, -0.2) is 9.78 Å². The third kappa shape index (κ3) is 4.79. The molecule has 1 heterocycles. The first-order valence-corrected chi connectivity index (χ1v) is 8.59. The van der Waals surface area contributed by atoms with E-state index in [4.69, 9.17) is 9.47 Å². The molecule has 24 heavy (non-hydrogen) atoms. The van der Waals surface area contributed by atoms with Gasteiger partial charge in [0, 0.05) is 0 Å². The summed E-state index contributed by atoms with van der Waals surface area (Å²) in [6.07, 6.45) is 3.33. The number of anilines is 1. The Morgan fingerprint density at radius 3 is 2.71 bits per heavy atom. The molecule has 0 amide bonds. The number of rotatable bonds is 8. The highest BCUT2D eigenvalue weighted by Gasteiger charge is 2.17. The molecule has 0 radical (unpaired) electrons. The third-order valence-electron chi connectivity index (χ3n) is 3.13. The number of hydrazone groups is 1. The van der Waals surface area contributed by atoms with Gasteiger partial charge in [-0.15, -0.1) is 0 Å². The summed E-state index contributed by atoms with van der Waals surface area (Å²) in [5.74, 6) is 0.473. The van der Waals surface area contributed by atoms with E-state index in [1.54, 1.807) is 6.21 Å². The molecular formula is C17H21N3O3S. The topological polar surface area (TPSA) is 72.8 Å². The van der Waals surface area contributed by atoms with Gasteiger partial charge >= 0.3 is 5.97 Å². The molecule has 1 N–H and O–H groups in total. The summed E-state index contributed by atoms with van der Waals surface area (Å²) in [7, 11) is 1.36. The highest BCUT2D eigenvalue weighted by molar-refractivity contribution is 7.17. The lowest BCUT2D eigenvalue weighted by Gasteiger charge is -2.03. The molecule has 2 aromatic rings. The van der Waals surface area contributed by atoms with Gasteiger partial charge in [0.15, 0.2) is 0 Å². The first kappa shape index (κ1) is 17.9. The molecule has 1 aromatic heterocycles. The van der Waals surface area contributed by atoms with Crippen LogP contribution in [0.3, 0.4) is 0 Å². The summed E-state index contributed by atoms with van der Waals surface area (Å²) >= 11 is 1.23. The number of hydrogen-bond donors (Lipinski definition) is 1. The van der Waals surface area contributed by atoms with Gasteiger partial charge in [-0.2, -0.15) is 5.10 Å². The van der Waals surface area contributed by atoms with Crippen molar-refractivity contribution < 1.29 is 14.3 Å². The normalized spacial score (nSPS) is 10.8. The molecule has 7 heteroatoms. The molecule has 6 nitrogen and oxygen atoms in total. The average molecular weight is 347 g/mol. The van der Waals surface area contributed by atoms with Gasteiger partial charge in [0.2, 0.25) is 5.13 Å². The molecule has 1 aromatic carbocycles. The van der Waals surface area contributed by atoms with Crippen LogP contribution in [-0.4, -0.2) is 30.9 Å². The van der Waals surface area contributed by atoms with Gasteiger partial charge < -0.3 is 9.47 Å². The van der Waals surface area contributed by atoms with Crippen LogP contribution in [0.25, 0.3) is 0 Å². The van der Waals surface area contributed by atoms with Crippen molar-refractivity contribution in [3.8, 4) is 5.75 Å². The van der Waals surface area contributed by atoms with E-state index in [9.17, 15) is 4.79 Å². The fraction of sp³-hybridized carbons (Fsp3) is 0.353. The maximum Gasteiger partial charge on any atom is 0.350 e. The predicted molar refractivity (Wildman–Crippen MR) is 96.3 cm³/mol. The first-order valence-electron chi connectivity index (χ1n) is 7.77. The average Bonchev–Trinajstić information content (AvgIpc) is 3.03. The molecule has 0 atom stereocenters. The number of methoxy groups -OCH3 is 1. The molecule has 0 saturated carbocycles. The second-order valence-electron chi connectivity index (χ2n) is 4.93. The van der Waals surface area contributed by atoms with E-state index < -0.39 is 0 Å². The van der Waals surface area contributed by atoms with Gasteiger partial charge in [-0.1, -0.05) is 25.2 Å². The van der Waals surface area contributed by atoms with E-state index >= 15 is 0 Å². The fourth-order valence-electron chi connectivity index (χ4n) is 1.92. The van der Waals surface area contributed by atoms with E-state index in [0.717, 1.165) is 17.7 Å². The minimum absolute atomic E-state index is 0.371. The molecule has 0 saturated heterocycles. The SMILES string of the molecule is CCCOc1ccc(/C=N\Nc2nc(CC)c(C(=O)OC)s2)cc1. The Bertz CT molecular complexity index is 696. The predicted octanol–water partition coefficient (Wildman–Crippen LogP) is 3.73. The Balaban J connectivity index is 1.98. The summed E-state index contributed by atoms with van der Waals surface area (Å²) in [5, 5.41) is 4.72. The Hall–Kier alpha value is -2.41. The van der Waals surface area contributed by atoms with Crippen molar-refractivity contribution in [3.63, 3.8) is 0 Å². The van der Waals surface area contributed by atoms with Crippen LogP contribution in [-0.2, 0) is 11.2 Å². The molecule has 0 fully saturated rings. The van der Waals surface area contributed by atoms with Crippen LogP contribution < -0.4 is 10.2 Å². The van der Waals surface area contributed by atoms with E-state index in [2.05, 4.69) is 22.4 Å². The second kappa shape index (κ2) is 9.02. The Morgan fingerprint density at radius 2 is 2.08 bits per heavy atom. The molecular weight excluding hydrogens is 326 g/mol. The summed E-state index contributed by atoms with van der Waals surface area (Å²) in [5.41, 5.74) is 4.50. The first-order chi connectivity index (χ1) is 11.7. The zero-order chi connectivity index (χ0) is 17.4.